The second kappa shape index (κ2) is 9.87. The van der Waals surface area contributed by atoms with Crippen molar-refractivity contribution in [2.45, 2.75) is 40.0 Å². The highest BCUT2D eigenvalue weighted by molar-refractivity contribution is 6.01. The number of hydrogen-bond donors (Lipinski definition) is 1. The normalized spacial score (nSPS) is 10.6. The first-order chi connectivity index (χ1) is 13.8. The van der Waals surface area contributed by atoms with E-state index >= 15 is 0 Å². The molecule has 0 bridgehead atoms. The van der Waals surface area contributed by atoms with E-state index in [0.717, 1.165) is 16.8 Å². The van der Waals surface area contributed by atoms with Gasteiger partial charge in [-0.1, -0.05) is 44.2 Å². The van der Waals surface area contributed by atoms with Gasteiger partial charge in [0.25, 0.3) is 0 Å². The monoisotopic (exact) mass is 396 g/mol. The number of benzene rings is 2. The summed E-state index contributed by atoms with van der Waals surface area (Å²) in [6.45, 7) is 7.86. The molecule has 6 heteroatoms. The number of nitrogens with zero attached hydrogens (tertiary/aromatic N) is 1. The van der Waals surface area contributed by atoms with Crippen molar-refractivity contribution in [2.75, 3.05) is 23.9 Å². The van der Waals surface area contributed by atoms with Crippen LogP contribution >= 0.6 is 0 Å². The lowest BCUT2D eigenvalue weighted by molar-refractivity contribution is -0.117. The summed E-state index contributed by atoms with van der Waals surface area (Å²) >= 11 is 0. The lowest BCUT2D eigenvalue weighted by Crippen LogP contribution is -2.33. The Morgan fingerprint density at radius 3 is 2.38 bits per heavy atom. The van der Waals surface area contributed by atoms with Crippen LogP contribution in [0.4, 0.5) is 11.4 Å². The van der Waals surface area contributed by atoms with Gasteiger partial charge in [-0.05, 0) is 36.1 Å². The summed E-state index contributed by atoms with van der Waals surface area (Å²) in [5, 5.41) is 2.75. The SMILES string of the molecule is COC(=O)c1ccccc1NC(=O)CCN(C(C)=O)c1c(C)cccc1C(C)C. The van der Waals surface area contributed by atoms with E-state index in [0.29, 0.717) is 5.69 Å². The zero-order valence-electron chi connectivity index (χ0n) is 17.6. The molecule has 0 aromatic heterocycles. The fraction of sp³-hybridized carbons (Fsp3) is 0.348. The highest BCUT2D eigenvalue weighted by Crippen LogP contribution is 2.31. The molecule has 0 radical (unpaired) electrons. The van der Waals surface area contributed by atoms with Crippen LogP contribution < -0.4 is 10.2 Å². The summed E-state index contributed by atoms with van der Waals surface area (Å²) in [6.07, 6.45) is 0.0982. The number of carbonyl (C=O) groups is 3. The number of ether oxygens (including phenoxy) is 1. The third kappa shape index (κ3) is 5.44. The summed E-state index contributed by atoms with van der Waals surface area (Å²) in [6, 6.07) is 12.6. The first kappa shape index (κ1) is 22.1. The first-order valence-electron chi connectivity index (χ1n) is 9.61. The largest absolute Gasteiger partial charge is 0.465 e. The topological polar surface area (TPSA) is 75.7 Å². The van der Waals surface area contributed by atoms with Crippen molar-refractivity contribution in [1.29, 1.82) is 0 Å². The molecule has 2 aromatic rings. The second-order valence-corrected chi connectivity index (χ2v) is 7.17. The van der Waals surface area contributed by atoms with Gasteiger partial charge < -0.3 is 15.0 Å². The molecule has 0 aliphatic heterocycles. The number of para-hydroxylation sites is 2. The van der Waals surface area contributed by atoms with Gasteiger partial charge in [-0.25, -0.2) is 4.79 Å². The average Bonchev–Trinajstić information content (AvgIpc) is 2.68. The Bertz CT molecular complexity index is 906. The highest BCUT2D eigenvalue weighted by Gasteiger charge is 2.21. The minimum absolute atomic E-state index is 0.0982. The molecule has 0 atom stereocenters. The van der Waals surface area contributed by atoms with Crippen LogP contribution in [0.2, 0.25) is 0 Å². The molecule has 2 amide bonds. The molecule has 0 saturated heterocycles. The first-order valence-corrected chi connectivity index (χ1v) is 9.61. The van der Waals surface area contributed by atoms with E-state index in [1.54, 1.807) is 29.2 Å². The van der Waals surface area contributed by atoms with E-state index in [4.69, 9.17) is 4.74 Å². The Morgan fingerprint density at radius 2 is 1.76 bits per heavy atom. The maximum atomic E-state index is 12.5. The molecule has 2 rings (SSSR count). The number of esters is 1. The van der Waals surface area contributed by atoms with Crippen LogP contribution in [0.3, 0.4) is 0 Å². The zero-order valence-corrected chi connectivity index (χ0v) is 17.6. The van der Waals surface area contributed by atoms with Crippen LogP contribution in [-0.2, 0) is 14.3 Å². The van der Waals surface area contributed by atoms with Gasteiger partial charge >= 0.3 is 5.97 Å². The lowest BCUT2D eigenvalue weighted by atomic mass is 9.97. The van der Waals surface area contributed by atoms with Crippen LogP contribution in [0.15, 0.2) is 42.5 Å². The van der Waals surface area contributed by atoms with Gasteiger partial charge in [0, 0.05) is 25.6 Å². The Hall–Kier alpha value is -3.15. The minimum atomic E-state index is -0.521. The van der Waals surface area contributed by atoms with Gasteiger partial charge in [0.15, 0.2) is 0 Å². The predicted octanol–water partition coefficient (Wildman–Crippen LogP) is 4.29. The maximum Gasteiger partial charge on any atom is 0.339 e. The van der Waals surface area contributed by atoms with E-state index in [-0.39, 0.29) is 36.3 Å². The Kier molecular flexibility index (Phi) is 7.53. The maximum absolute atomic E-state index is 12.5. The second-order valence-electron chi connectivity index (χ2n) is 7.17. The van der Waals surface area contributed by atoms with Gasteiger partial charge in [-0.2, -0.15) is 0 Å². The van der Waals surface area contributed by atoms with E-state index in [9.17, 15) is 14.4 Å². The summed E-state index contributed by atoms with van der Waals surface area (Å²) in [5.74, 6) is -0.684. The molecule has 0 aliphatic carbocycles. The summed E-state index contributed by atoms with van der Waals surface area (Å²) in [5.41, 5.74) is 3.59. The fourth-order valence-corrected chi connectivity index (χ4v) is 3.25. The van der Waals surface area contributed by atoms with E-state index in [1.165, 1.54) is 14.0 Å². The van der Waals surface area contributed by atoms with Crippen molar-refractivity contribution in [2.24, 2.45) is 0 Å². The van der Waals surface area contributed by atoms with Gasteiger partial charge in [-0.15, -0.1) is 0 Å². The van der Waals surface area contributed by atoms with Crippen molar-refractivity contribution in [3.63, 3.8) is 0 Å². The van der Waals surface area contributed by atoms with Crippen LogP contribution in [0.1, 0.15) is 54.6 Å². The molecule has 0 fully saturated rings. The molecule has 1 N–H and O–H groups in total. The summed E-state index contributed by atoms with van der Waals surface area (Å²) in [4.78, 5) is 38.4. The molecule has 0 spiro atoms. The van der Waals surface area contributed by atoms with E-state index < -0.39 is 5.97 Å². The van der Waals surface area contributed by atoms with Crippen molar-refractivity contribution < 1.29 is 19.1 Å². The van der Waals surface area contributed by atoms with Crippen LogP contribution in [0.25, 0.3) is 0 Å². The number of anilines is 2. The van der Waals surface area contributed by atoms with Crippen LogP contribution in [0, 0.1) is 6.92 Å². The lowest BCUT2D eigenvalue weighted by Gasteiger charge is -2.27. The third-order valence-electron chi connectivity index (χ3n) is 4.71. The van der Waals surface area contributed by atoms with Crippen molar-refractivity contribution in [3.05, 3.63) is 59.2 Å². The highest BCUT2D eigenvalue weighted by atomic mass is 16.5. The Morgan fingerprint density at radius 1 is 1.07 bits per heavy atom. The Labute approximate surface area is 171 Å². The van der Waals surface area contributed by atoms with Crippen LogP contribution in [0.5, 0.6) is 0 Å². The fourth-order valence-electron chi connectivity index (χ4n) is 3.25. The number of aryl methyl sites for hydroxylation is 1. The number of methoxy groups -OCH3 is 1. The standard InChI is InChI=1S/C23H28N2O4/c1-15(2)18-11-8-9-16(3)22(18)25(17(4)26)14-13-21(27)24-20-12-7-6-10-19(20)23(28)29-5/h6-12,15H,13-14H2,1-5H3,(H,24,27). The van der Waals surface area contributed by atoms with E-state index in [2.05, 4.69) is 19.2 Å². The summed E-state index contributed by atoms with van der Waals surface area (Å²) < 4.78 is 4.75. The van der Waals surface area contributed by atoms with Gasteiger partial charge in [0.2, 0.25) is 11.8 Å². The average molecular weight is 396 g/mol. The van der Waals surface area contributed by atoms with Crippen molar-refractivity contribution in [1.82, 2.24) is 0 Å². The molecule has 6 nitrogen and oxygen atoms in total. The third-order valence-corrected chi connectivity index (χ3v) is 4.71. The molecule has 29 heavy (non-hydrogen) atoms. The van der Waals surface area contributed by atoms with Gasteiger partial charge in [-0.3, -0.25) is 9.59 Å². The minimum Gasteiger partial charge on any atom is -0.465 e. The van der Waals surface area contributed by atoms with E-state index in [1.807, 2.05) is 25.1 Å². The number of carbonyl (C=O) groups excluding carboxylic acids is 3. The molecule has 0 heterocycles. The quantitative estimate of drug-likeness (QED) is 0.709. The van der Waals surface area contributed by atoms with Gasteiger partial charge in [0.05, 0.1) is 18.4 Å². The molecular weight excluding hydrogens is 368 g/mol. The Balaban J connectivity index is 2.19. The molecule has 0 saturated carbocycles. The molecule has 0 unspecified atom stereocenters. The molecule has 2 aromatic carbocycles. The molecule has 154 valence electrons. The number of amides is 2. The van der Waals surface area contributed by atoms with Gasteiger partial charge in [0.1, 0.15) is 0 Å². The number of rotatable bonds is 7. The predicted molar refractivity (Wildman–Crippen MR) is 114 cm³/mol. The zero-order chi connectivity index (χ0) is 21.6. The summed E-state index contributed by atoms with van der Waals surface area (Å²) in [7, 11) is 1.29. The molecular formula is C23H28N2O4. The van der Waals surface area contributed by atoms with Crippen molar-refractivity contribution >= 4 is 29.2 Å². The number of hydrogen-bond acceptors (Lipinski definition) is 4. The molecule has 0 aliphatic rings. The van der Waals surface area contributed by atoms with Crippen molar-refractivity contribution in [3.8, 4) is 0 Å². The number of nitrogens with one attached hydrogen (secondary N) is 1. The smallest absolute Gasteiger partial charge is 0.339 e. The van der Waals surface area contributed by atoms with Crippen LogP contribution in [-0.4, -0.2) is 31.4 Å².